The van der Waals surface area contributed by atoms with E-state index in [2.05, 4.69) is 35.4 Å². The number of nitrogens with one attached hydrogen (secondary N) is 1. The van der Waals surface area contributed by atoms with E-state index in [-0.39, 0.29) is 0 Å². The number of methoxy groups -OCH3 is 1. The van der Waals surface area contributed by atoms with Crippen LogP contribution in [0, 0.1) is 6.92 Å². The normalized spacial score (nSPS) is 17.1. The fourth-order valence-electron chi connectivity index (χ4n) is 2.69. The third kappa shape index (κ3) is 2.41. The van der Waals surface area contributed by atoms with Gasteiger partial charge in [0.25, 0.3) is 0 Å². The largest absolute Gasteiger partial charge is 0.497 e. The van der Waals surface area contributed by atoms with Crippen molar-refractivity contribution in [3.8, 4) is 5.75 Å². The Morgan fingerprint density at radius 3 is 2.95 bits per heavy atom. The summed E-state index contributed by atoms with van der Waals surface area (Å²) >= 11 is 0. The van der Waals surface area contributed by atoms with Crippen LogP contribution in [-0.2, 0) is 6.42 Å². The molecule has 2 aromatic rings. The number of hydrogen-bond acceptors (Lipinski definition) is 3. The number of anilines is 1. The molecule has 3 heteroatoms. The van der Waals surface area contributed by atoms with Gasteiger partial charge in [0.05, 0.1) is 18.8 Å². The van der Waals surface area contributed by atoms with Crippen LogP contribution in [-0.4, -0.2) is 12.1 Å². The maximum Gasteiger partial charge on any atom is 0.119 e. The molecule has 1 heterocycles. The zero-order valence-corrected chi connectivity index (χ0v) is 11.3. The van der Waals surface area contributed by atoms with Crippen molar-refractivity contribution in [1.82, 2.24) is 4.98 Å². The summed E-state index contributed by atoms with van der Waals surface area (Å²) in [5.41, 5.74) is 5.02. The number of pyridine rings is 1. The van der Waals surface area contributed by atoms with Gasteiger partial charge in [0.2, 0.25) is 0 Å². The molecule has 0 fully saturated rings. The smallest absolute Gasteiger partial charge is 0.119 e. The minimum absolute atomic E-state index is 0.355. The third-order valence-electron chi connectivity index (χ3n) is 3.65. The summed E-state index contributed by atoms with van der Waals surface area (Å²) in [7, 11) is 1.71. The molecule has 1 aliphatic rings. The minimum Gasteiger partial charge on any atom is -0.497 e. The molecule has 1 aliphatic carbocycles. The van der Waals surface area contributed by atoms with E-state index in [0.717, 1.165) is 24.3 Å². The van der Waals surface area contributed by atoms with Gasteiger partial charge in [-0.15, -0.1) is 0 Å². The molecule has 0 radical (unpaired) electrons. The van der Waals surface area contributed by atoms with E-state index in [4.69, 9.17) is 4.74 Å². The number of aromatic nitrogens is 1. The van der Waals surface area contributed by atoms with E-state index in [1.807, 2.05) is 18.5 Å². The Kier molecular flexibility index (Phi) is 3.11. The second-order valence-corrected chi connectivity index (χ2v) is 5.05. The van der Waals surface area contributed by atoms with Crippen molar-refractivity contribution >= 4 is 5.69 Å². The number of hydrogen-bond donors (Lipinski definition) is 1. The molecule has 1 atom stereocenters. The number of nitrogens with zero attached hydrogens (tertiary/aromatic N) is 1. The lowest BCUT2D eigenvalue weighted by molar-refractivity contribution is 0.414. The molecular formula is C16H18N2O. The quantitative estimate of drug-likeness (QED) is 0.910. The maximum absolute atomic E-state index is 5.32. The number of aryl methyl sites for hydroxylation is 2. The van der Waals surface area contributed by atoms with Crippen LogP contribution in [0.2, 0.25) is 0 Å². The molecule has 0 bridgehead atoms. The molecule has 1 aromatic heterocycles. The summed E-state index contributed by atoms with van der Waals surface area (Å²) in [6.45, 7) is 2.06. The van der Waals surface area contributed by atoms with Gasteiger partial charge in [-0.2, -0.15) is 0 Å². The molecule has 3 rings (SSSR count). The highest BCUT2D eigenvalue weighted by Crippen LogP contribution is 2.35. The van der Waals surface area contributed by atoms with Gasteiger partial charge in [0, 0.05) is 12.4 Å². The van der Waals surface area contributed by atoms with Crippen molar-refractivity contribution in [3.63, 3.8) is 0 Å². The van der Waals surface area contributed by atoms with Gasteiger partial charge in [0.1, 0.15) is 5.75 Å². The Balaban J connectivity index is 1.85. The summed E-state index contributed by atoms with van der Waals surface area (Å²) in [5, 5.41) is 3.57. The lowest BCUT2D eigenvalue weighted by Gasteiger charge is -2.16. The number of benzene rings is 1. The summed E-state index contributed by atoms with van der Waals surface area (Å²) in [4.78, 5) is 4.23. The highest BCUT2D eigenvalue weighted by Gasteiger charge is 2.22. The van der Waals surface area contributed by atoms with Crippen LogP contribution < -0.4 is 10.1 Å². The lowest BCUT2D eigenvalue weighted by atomic mass is 10.1. The SMILES string of the molecule is COc1ccc2c(c1)C(Nc1cncc(C)c1)CC2. The molecule has 1 aromatic carbocycles. The Bertz CT molecular complexity index is 595. The first kappa shape index (κ1) is 12.0. The zero-order chi connectivity index (χ0) is 13.2. The van der Waals surface area contributed by atoms with Crippen molar-refractivity contribution < 1.29 is 4.74 Å². The molecule has 1 unspecified atom stereocenters. The summed E-state index contributed by atoms with van der Waals surface area (Å²) < 4.78 is 5.32. The topological polar surface area (TPSA) is 34.1 Å². The van der Waals surface area contributed by atoms with Gasteiger partial charge in [-0.05, 0) is 54.7 Å². The van der Waals surface area contributed by atoms with Gasteiger partial charge in [-0.25, -0.2) is 0 Å². The average molecular weight is 254 g/mol. The van der Waals surface area contributed by atoms with Crippen LogP contribution in [0.3, 0.4) is 0 Å². The molecule has 19 heavy (non-hydrogen) atoms. The lowest BCUT2D eigenvalue weighted by Crippen LogP contribution is -2.07. The summed E-state index contributed by atoms with van der Waals surface area (Å²) in [6, 6.07) is 8.84. The van der Waals surface area contributed by atoms with E-state index in [1.54, 1.807) is 7.11 Å². The van der Waals surface area contributed by atoms with Crippen LogP contribution >= 0.6 is 0 Å². The van der Waals surface area contributed by atoms with Crippen molar-refractivity contribution in [2.75, 3.05) is 12.4 Å². The highest BCUT2D eigenvalue weighted by atomic mass is 16.5. The Hall–Kier alpha value is -2.03. The molecule has 0 aliphatic heterocycles. The fourth-order valence-corrected chi connectivity index (χ4v) is 2.69. The Labute approximate surface area is 113 Å². The maximum atomic E-state index is 5.32. The molecule has 98 valence electrons. The monoisotopic (exact) mass is 254 g/mol. The van der Waals surface area contributed by atoms with E-state index in [1.165, 1.54) is 16.7 Å². The van der Waals surface area contributed by atoms with Crippen LogP contribution in [0.4, 0.5) is 5.69 Å². The standard InChI is InChI=1S/C16H18N2O/c1-11-7-13(10-17-9-11)18-16-6-4-12-3-5-14(19-2)8-15(12)16/h3,5,7-10,16,18H,4,6H2,1-2H3. The van der Waals surface area contributed by atoms with Gasteiger partial charge in [-0.1, -0.05) is 6.07 Å². The average Bonchev–Trinajstić information content (AvgIpc) is 2.81. The van der Waals surface area contributed by atoms with Crippen LogP contribution in [0.1, 0.15) is 29.2 Å². The number of fused-ring (bicyclic) bond motifs is 1. The molecule has 0 saturated heterocycles. The van der Waals surface area contributed by atoms with Crippen LogP contribution in [0.15, 0.2) is 36.7 Å². The predicted molar refractivity (Wildman–Crippen MR) is 76.7 cm³/mol. The highest BCUT2D eigenvalue weighted by molar-refractivity contribution is 5.49. The minimum atomic E-state index is 0.355. The Morgan fingerprint density at radius 2 is 2.16 bits per heavy atom. The first-order chi connectivity index (χ1) is 9.26. The second kappa shape index (κ2) is 4.92. The van der Waals surface area contributed by atoms with E-state index in [0.29, 0.717) is 6.04 Å². The molecule has 1 N–H and O–H groups in total. The predicted octanol–water partition coefficient (Wildman–Crippen LogP) is 3.50. The fraction of sp³-hybridized carbons (Fsp3) is 0.312. The first-order valence-corrected chi connectivity index (χ1v) is 6.61. The molecule has 0 spiro atoms. The van der Waals surface area contributed by atoms with E-state index in [9.17, 15) is 0 Å². The van der Waals surface area contributed by atoms with Crippen molar-refractivity contribution in [2.24, 2.45) is 0 Å². The van der Waals surface area contributed by atoms with E-state index >= 15 is 0 Å². The molecule has 0 amide bonds. The summed E-state index contributed by atoms with van der Waals surface area (Å²) in [5.74, 6) is 0.926. The van der Waals surface area contributed by atoms with Gasteiger partial charge >= 0.3 is 0 Å². The van der Waals surface area contributed by atoms with Crippen molar-refractivity contribution in [3.05, 3.63) is 53.3 Å². The Morgan fingerprint density at radius 1 is 1.26 bits per heavy atom. The number of rotatable bonds is 3. The summed E-state index contributed by atoms with van der Waals surface area (Å²) in [6.07, 6.45) is 5.99. The number of ether oxygens (including phenoxy) is 1. The zero-order valence-electron chi connectivity index (χ0n) is 11.3. The second-order valence-electron chi connectivity index (χ2n) is 5.05. The van der Waals surface area contributed by atoms with Crippen LogP contribution in [0.5, 0.6) is 5.75 Å². The molecule has 0 saturated carbocycles. The van der Waals surface area contributed by atoms with Crippen molar-refractivity contribution in [2.45, 2.75) is 25.8 Å². The van der Waals surface area contributed by atoms with Crippen LogP contribution in [0.25, 0.3) is 0 Å². The van der Waals surface area contributed by atoms with Gasteiger partial charge < -0.3 is 10.1 Å². The van der Waals surface area contributed by atoms with Crippen molar-refractivity contribution in [1.29, 1.82) is 0 Å². The van der Waals surface area contributed by atoms with E-state index < -0.39 is 0 Å². The first-order valence-electron chi connectivity index (χ1n) is 6.61. The van der Waals surface area contributed by atoms with Gasteiger partial charge in [-0.3, -0.25) is 4.98 Å². The molecular weight excluding hydrogens is 236 g/mol. The van der Waals surface area contributed by atoms with Gasteiger partial charge in [0.15, 0.2) is 0 Å². The third-order valence-corrected chi connectivity index (χ3v) is 3.65. The molecule has 3 nitrogen and oxygen atoms in total.